The number of benzene rings is 2. The Bertz CT molecular complexity index is 1720. The molecule has 5 N–H and O–H groups in total. The van der Waals surface area contributed by atoms with Crippen LogP contribution in [0.3, 0.4) is 0 Å². The summed E-state index contributed by atoms with van der Waals surface area (Å²) in [5.74, 6) is 6.85. The molecule has 6 nitrogen and oxygen atoms in total. The van der Waals surface area contributed by atoms with Crippen LogP contribution in [0.15, 0.2) is 36.4 Å². The molecule has 0 radical (unpaired) electrons. The van der Waals surface area contributed by atoms with Gasteiger partial charge in [-0.3, -0.25) is 0 Å². The van der Waals surface area contributed by atoms with E-state index in [4.69, 9.17) is 4.74 Å². The standard InChI is InChI=1S/C24H34O3.C23H32O3/c1-4-14-9-15-10-18(27-3)5-6-19(15)20-7-8-23(2)21(22(14)20)12-16-11-17(25)13-24(16,23)26;1-3-13-8-14-9-16(24)4-5-18(14)19-6-7-22(2)20(21(13)19)11-15-10-17(25)12-23(15,22)26/h5-6,10,14,16-17,20-22,25-26H,4,7-9,11-13H2,1-3H3;4-5,9,13,15,17,19-21,24-26H,3,6-8,10-12H2,1-2H3/t14-,16-,17+,20?,21?,22?,23+,24+;13-,15-,17+,19?,20?,21?,22+,23+/m11/s1. The highest BCUT2D eigenvalue weighted by atomic mass is 16.5. The summed E-state index contributed by atoms with van der Waals surface area (Å²) >= 11 is 0. The molecule has 0 spiro atoms. The van der Waals surface area contributed by atoms with E-state index in [-0.39, 0.29) is 34.9 Å². The normalized spacial score (nSPS) is 48.5. The van der Waals surface area contributed by atoms with Gasteiger partial charge in [0, 0.05) is 12.8 Å². The maximum atomic E-state index is 11.7. The molecular weight excluding hydrogens is 661 g/mol. The summed E-state index contributed by atoms with van der Waals surface area (Å²) in [4.78, 5) is 0. The molecule has 16 atom stereocenters. The zero-order valence-corrected chi connectivity index (χ0v) is 32.9. The first-order valence-electron chi connectivity index (χ1n) is 21.6. The molecule has 290 valence electrons. The summed E-state index contributed by atoms with van der Waals surface area (Å²) in [5, 5.41) is 53.7. The molecule has 0 bridgehead atoms. The highest BCUT2D eigenvalue weighted by Crippen LogP contribution is 2.72. The maximum Gasteiger partial charge on any atom is 0.119 e. The Morgan fingerprint density at radius 1 is 0.679 bits per heavy atom. The van der Waals surface area contributed by atoms with Crippen molar-refractivity contribution >= 4 is 0 Å². The van der Waals surface area contributed by atoms with E-state index in [2.05, 4.69) is 52.0 Å². The molecule has 6 unspecified atom stereocenters. The number of aromatic hydroxyl groups is 1. The molecule has 0 aromatic heterocycles. The lowest BCUT2D eigenvalue weighted by Crippen LogP contribution is -2.53. The molecule has 6 fully saturated rings. The predicted molar refractivity (Wildman–Crippen MR) is 207 cm³/mol. The molecule has 6 heteroatoms. The lowest BCUT2D eigenvalue weighted by Gasteiger charge is -2.55. The number of fused-ring (bicyclic) bond motifs is 14. The summed E-state index contributed by atoms with van der Waals surface area (Å²) in [6, 6.07) is 12.7. The van der Waals surface area contributed by atoms with Gasteiger partial charge < -0.3 is 30.3 Å². The van der Waals surface area contributed by atoms with E-state index in [9.17, 15) is 25.5 Å². The van der Waals surface area contributed by atoms with Crippen molar-refractivity contribution in [2.75, 3.05) is 7.11 Å². The van der Waals surface area contributed by atoms with E-state index >= 15 is 0 Å². The SMILES string of the molecule is CC[C@@H]1Cc2cc(O)ccc2C2CC[C@@]3(C)C(C[C@H]4C[C@H](O)C[C@]43O)C21.CC[C@@H]1Cc2cc(OC)ccc2C2CC[C@@]3(C)C(C[C@H]4C[C@H](O)C[C@]43O)C21. The monoisotopic (exact) mass is 726 g/mol. The Balaban J connectivity index is 0.000000141. The Morgan fingerprint density at radius 2 is 1.15 bits per heavy atom. The second-order valence-electron chi connectivity index (χ2n) is 20.1. The maximum absolute atomic E-state index is 11.7. The Hall–Kier alpha value is -2.12. The average Bonchev–Trinajstić information content (AvgIpc) is 3.75. The number of aliphatic hydroxyl groups excluding tert-OH is 2. The number of ether oxygens (including phenoxy) is 1. The predicted octanol–water partition coefficient (Wildman–Crippen LogP) is 8.30. The van der Waals surface area contributed by atoms with Gasteiger partial charge in [-0.1, -0.05) is 52.7 Å². The van der Waals surface area contributed by atoms with Crippen LogP contribution in [0.5, 0.6) is 11.5 Å². The summed E-state index contributed by atoms with van der Waals surface area (Å²) in [5.41, 5.74) is 4.40. The van der Waals surface area contributed by atoms with Gasteiger partial charge in [-0.05, 0) is 181 Å². The second-order valence-corrected chi connectivity index (χ2v) is 20.1. The lowest BCUT2D eigenvalue weighted by molar-refractivity contribution is -0.122. The van der Waals surface area contributed by atoms with Gasteiger partial charge in [0.15, 0.2) is 0 Å². The lowest BCUT2D eigenvalue weighted by atomic mass is 9.50. The van der Waals surface area contributed by atoms with Crippen LogP contribution >= 0.6 is 0 Å². The van der Waals surface area contributed by atoms with Gasteiger partial charge in [0.1, 0.15) is 11.5 Å². The molecule has 2 aromatic carbocycles. The minimum Gasteiger partial charge on any atom is -0.508 e. The zero-order chi connectivity index (χ0) is 37.2. The average molecular weight is 727 g/mol. The quantitative estimate of drug-likeness (QED) is 0.218. The van der Waals surface area contributed by atoms with Crippen LogP contribution < -0.4 is 4.74 Å². The smallest absolute Gasteiger partial charge is 0.119 e. The van der Waals surface area contributed by atoms with Gasteiger partial charge in [0.05, 0.1) is 30.5 Å². The molecule has 8 aliphatic rings. The van der Waals surface area contributed by atoms with Crippen molar-refractivity contribution in [2.45, 2.75) is 153 Å². The summed E-state index contributed by atoms with van der Waals surface area (Å²) in [6.45, 7) is 9.32. The van der Waals surface area contributed by atoms with E-state index in [0.29, 0.717) is 65.9 Å². The van der Waals surface area contributed by atoms with Crippen molar-refractivity contribution in [3.8, 4) is 11.5 Å². The largest absolute Gasteiger partial charge is 0.508 e. The summed E-state index contributed by atoms with van der Waals surface area (Å²) in [6.07, 6.45) is 13.3. The van der Waals surface area contributed by atoms with Crippen LogP contribution in [0.1, 0.15) is 139 Å². The van der Waals surface area contributed by atoms with Gasteiger partial charge in [-0.15, -0.1) is 0 Å². The highest BCUT2D eigenvalue weighted by Gasteiger charge is 2.70. The van der Waals surface area contributed by atoms with E-state index in [0.717, 1.165) is 70.0 Å². The molecule has 8 aliphatic carbocycles. The van der Waals surface area contributed by atoms with Gasteiger partial charge in [0.25, 0.3) is 0 Å². The fourth-order valence-corrected chi connectivity index (χ4v) is 15.9. The van der Waals surface area contributed by atoms with Crippen molar-refractivity contribution in [1.29, 1.82) is 0 Å². The molecule has 10 rings (SSSR count). The van der Waals surface area contributed by atoms with Crippen LogP contribution in [-0.2, 0) is 12.8 Å². The number of rotatable bonds is 3. The third kappa shape index (κ3) is 5.09. The molecule has 2 aromatic rings. The first-order valence-corrected chi connectivity index (χ1v) is 21.6. The number of methoxy groups -OCH3 is 1. The molecule has 0 heterocycles. The van der Waals surface area contributed by atoms with E-state index in [1.807, 2.05) is 12.1 Å². The molecule has 0 amide bonds. The third-order valence-electron chi connectivity index (χ3n) is 18.4. The number of phenols is 1. The van der Waals surface area contributed by atoms with Gasteiger partial charge in [0.2, 0.25) is 0 Å². The number of hydrogen-bond donors (Lipinski definition) is 5. The number of aliphatic hydroxyl groups is 4. The van der Waals surface area contributed by atoms with Crippen molar-refractivity contribution in [3.05, 3.63) is 58.7 Å². The van der Waals surface area contributed by atoms with Crippen molar-refractivity contribution < 1.29 is 30.3 Å². The fraction of sp³-hybridized carbons (Fsp3) is 0.745. The minimum absolute atomic E-state index is 0.0340. The van der Waals surface area contributed by atoms with Crippen LogP contribution in [0.25, 0.3) is 0 Å². The summed E-state index contributed by atoms with van der Waals surface area (Å²) in [7, 11) is 1.75. The molecular formula is C47H66O6. The van der Waals surface area contributed by atoms with Gasteiger partial charge in [-0.25, -0.2) is 0 Å². The van der Waals surface area contributed by atoms with E-state index in [1.54, 1.807) is 7.11 Å². The van der Waals surface area contributed by atoms with E-state index < -0.39 is 11.2 Å². The first kappa shape index (κ1) is 36.5. The number of hydrogen-bond acceptors (Lipinski definition) is 6. The van der Waals surface area contributed by atoms with E-state index in [1.165, 1.54) is 35.1 Å². The molecule has 53 heavy (non-hydrogen) atoms. The van der Waals surface area contributed by atoms with Crippen LogP contribution in [0, 0.1) is 58.2 Å². The number of phenolic OH excluding ortho intramolecular Hbond substituents is 1. The van der Waals surface area contributed by atoms with Crippen LogP contribution in [0.4, 0.5) is 0 Å². The third-order valence-corrected chi connectivity index (χ3v) is 18.4. The fourth-order valence-electron chi connectivity index (χ4n) is 15.9. The van der Waals surface area contributed by atoms with Gasteiger partial charge >= 0.3 is 0 Å². The van der Waals surface area contributed by atoms with Crippen molar-refractivity contribution in [1.82, 2.24) is 0 Å². The molecule has 6 saturated carbocycles. The highest BCUT2D eigenvalue weighted by molar-refractivity contribution is 5.43. The molecule has 0 saturated heterocycles. The Kier molecular flexibility index (Phi) is 8.75. The zero-order valence-electron chi connectivity index (χ0n) is 32.9. The van der Waals surface area contributed by atoms with Crippen LogP contribution in [-0.4, -0.2) is 56.1 Å². The minimum atomic E-state index is -0.671. The van der Waals surface area contributed by atoms with Crippen molar-refractivity contribution in [3.63, 3.8) is 0 Å². The summed E-state index contributed by atoms with van der Waals surface area (Å²) < 4.78 is 5.49. The first-order chi connectivity index (χ1) is 25.3. The van der Waals surface area contributed by atoms with Crippen LogP contribution in [0.2, 0.25) is 0 Å². The van der Waals surface area contributed by atoms with Crippen molar-refractivity contribution in [2.24, 2.45) is 58.2 Å². The Morgan fingerprint density at radius 3 is 1.62 bits per heavy atom. The van der Waals surface area contributed by atoms with Gasteiger partial charge in [-0.2, -0.15) is 0 Å². The molecule has 0 aliphatic heterocycles. The topological polar surface area (TPSA) is 110 Å². The second kappa shape index (κ2) is 12.7. The Labute approximate surface area is 317 Å².